The lowest BCUT2D eigenvalue weighted by Gasteiger charge is -2.36. The number of benzene rings is 1. The van der Waals surface area contributed by atoms with Gasteiger partial charge in [0.15, 0.2) is 0 Å². The second kappa shape index (κ2) is 6.83. The highest BCUT2D eigenvalue weighted by atomic mass is 32.2. The Morgan fingerprint density at radius 1 is 1.29 bits per heavy atom. The van der Waals surface area contributed by atoms with E-state index in [-0.39, 0.29) is 28.9 Å². The number of hydrogen-bond acceptors (Lipinski definition) is 6. The molecule has 3 saturated carbocycles. The Bertz CT molecular complexity index is 1060. The van der Waals surface area contributed by atoms with E-state index >= 15 is 0 Å². The summed E-state index contributed by atoms with van der Waals surface area (Å²) in [5.74, 6) is 1.63. The van der Waals surface area contributed by atoms with Gasteiger partial charge in [-0.25, -0.2) is 4.98 Å². The minimum atomic E-state index is -0.232. The van der Waals surface area contributed by atoms with Gasteiger partial charge in [-0.05, 0) is 87.1 Å². The smallest absolute Gasteiger partial charge is 0.232 e. The Balaban J connectivity index is 1.32. The molecule has 31 heavy (non-hydrogen) atoms. The van der Waals surface area contributed by atoms with Gasteiger partial charge in [-0.3, -0.25) is 9.52 Å². The van der Waals surface area contributed by atoms with Gasteiger partial charge in [0.2, 0.25) is 5.91 Å². The Kier molecular flexibility index (Phi) is 4.37. The number of aliphatic hydroxyl groups excluding tert-OH is 1. The van der Waals surface area contributed by atoms with Gasteiger partial charge in [0.25, 0.3) is 0 Å². The lowest BCUT2D eigenvalue weighted by atomic mass is 9.96. The molecule has 0 spiro atoms. The predicted molar refractivity (Wildman–Crippen MR) is 124 cm³/mol. The normalized spacial score (nSPS) is 32.5. The number of pyridine rings is 1. The average molecular weight is 439 g/mol. The fraction of sp³-hybridized carbons (Fsp3) is 0.583. The molecule has 1 aromatic heterocycles. The first-order chi connectivity index (χ1) is 14.9. The van der Waals surface area contributed by atoms with Crippen LogP contribution in [0.3, 0.4) is 0 Å². The third-order valence-electron chi connectivity index (χ3n) is 7.75. The minimum absolute atomic E-state index is 0.0616. The van der Waals surface area contributed by atoms with Crippen LogP contribution >= 0.6 is 11.9 Å². The number of nitrogens with one attached hydrogen (secondary N) is 2. The molecule has 3 aliphatic carbocycles. The highest BCUT2D eigenvalue weighted by Gasteiger charge is 2.74. The third-order valence-corrected chi connectivity index (χ3v) is 8.82. The standard InChI is InChI=1S/C24H30N4O2S/c1-14-13-28(8-5-20(14)29)19-10-16(31-27-23(2)6-7-23)9-18-17(19)3-4-21(25-18)26-22(30)24-11-15(24)12-24/h3-4,9-10,14-15,20,27,29H,5-8,11-13H2,1-2H3,(H,25,26,30). The van der Waals surface area contributed by atoms with Gasteiger partial charge < -0.3 is 15.3 Å². The van der Waals surface area contributed by atoms with E-state index in [4.69, 9.17) is 4.98 Å². The van der Waals surface area contributed by atoms with Crippen molar-refractivity contribution >= 4 is 40.3 Å². The van der Waals surface area contributed by atoms with Crippen LogP contribution in [0.4, 0.5) is 11.5 Å². The number of nitrogens with zero attached hydrogens (tertiary/aromatic N) is 2. The van der Waals surface area contributed by atoms with Gasteiger partial charge in [0.05, 0.1) is 17.0 Å². The Hall–Kier alpha value is -1.83. The average Bonchev–Trinajstić information content (AvgIpc) is 3.64. The third kappa shape index (κ3) is 3.60. The fourth-order valence-electron chi connectivity index (χ4n) is 4.72. The summed E-state index contributed by atoms with van der Waals surface area (Å²) in [4.78, 5) is 20.9. The number of amides is 1. The summed E-state index contributed by atoms with van der Waals surface area (Å²) in [6, 6.07) is 8.38. The van der Waals surface area contributed by atoms with Crippen LogP contribution in [0.2, 0.25) is 0 Å². The molecule has 3 N–H and O–H groups in total. The van der Waals surface area contributed by atoms with Crippen molar-refractivity contribution in [1.82, 2.24) is 9.71 Å². The number of carbonyl (C=O) groups excluding carboxylic acids is 1. The molecule has 0 bridgehead atoms. The van der Waals surface area contributed by atoms with Gasteiger partial charge in [-0.1, -0.05) is 6.92 Å². The number of aromatic nitrogens is 1. The van der Waals surface area contributed by atoms with Gasteiger partial charge in [-0.15, -0.1) is 0 Å². The van der Waals surface area contributed by atoms with Crippen molar-refractivity contribution < 1.29 is 9.90 Å². The molecule has 2 aromatic rings. The minimum Gasteiger partial charge on any atom is -0.393 e. The van der Waals surface area contributed by atoms with Crippen LogP contribution in [0.15, 0.2) is 29.2 Å². The molecule has 1 aliphatic heterocycles. The Labute approximate surface area is 187 Å². The first-order valence-corrected chi connectivity index (χ1v) is 12.3. The summed E-state index contributed by atoms with van der Waals surface area (Å²) >= 11 is 1.67. The Morgan fingerprint density at radius 3 is 2.74 bits per heavy atom. The van der Waals surface area contributed by atoms with E-state index in [1.54, 1.807) is 11.9 Å². The number of anilines is 2. The molecule has 7 heteroatoms. The quantitative estimate of drug-likeness (QED) is 0.593. The van der Waals surface area contributed by atoms with Crippen molar-refractivity contribution in [3.05, 3.63) is 24.3 Å². The lowest BCUT2D eigenvalue weighted by Crippen LogP contribution is -2.42. The van der Waals surface area contributed by atoms with Gasteiger partial charge in [-0.2, -0.15) is 0 Å². The monoisotopic (exact) mass is 438 g/mol. The molecule has 2 heterocycles. The molecule has 6 rings (SSSR count). The van der Waals surface area contributed by atoms with E-state index in [2.05, 4.69) is 47.0 Å². The largest absolute Gasteiger partial charge is 0.393 e. The van der Waals surface area contributed by atoms with E-state index in [0.29, 0.717) is 11.7 Å². The van der Waals surface area contributed by atoms with Crippen LogP contribution in [0.1, 0.15) is 46.0 Å². The number of piperidine rings is 1. The van der Waals surface area contributed by atoms with Crippen LogP contribution < -0.4 is 14.9 Å². The van der Waals surface area contributed by atoms with Crippen LogP contribution in [-0.2, 0) is 4.79 Å². The molecule has 6 nitrogen and oxygen atoms in total. The van der Waals surface area contributed by atoms with Crippen LogP contribution in [-0.4, -0.2) is 40.7 Å². The van der Waals surface area contributed by atoms with Crippen molar-refractivity contribution in [2.75, 3.05) is 23.3 Å². The summed E-state index contributed by atoms with van der Waals surface area (Å²) in [6.07, 6.45) is 5.05. The summed E-state index contributed by atoms with van der Waals surface area (Å²) in [5, 5.41) is 14.3. The molecule has 4 fully saturated rings. The fourth-order valence-corrected chi connectivity index (χ4v) is 5.63. The number of aliphatic hydroxyl groups is 1. The maximum Gasteiger partial charge on any atom is 0.232 e. The second-order valence-electron chi connectivity index (χ2n) is 10.5. The van der Waals surface area contributed by atoms with Crippen molar-refractivity contribution in [3.63, 3.8) is 0 Å². The first kappa shape index (κ1) is 19.8. The number of rotatable bonds is 6. The molecule has 0 radical (unpaired) electrons. The molecule has 164 valence electrons. The van der Waals surface area contributed by atoms with Gasteiger partial charge in [0.1, 0.15) is 5.82 Å². The summed E-state index contributed by atoms with van der Waals surface area (Å²) < 4.78 is 3.60. The number of carbonyl (C=O) groups is 1. The summed E-state index contributed by atoms with van der Waals surface area (Å²) in [7, 11) is 0. The molecular formula is C24H30N4O2S. The predicted octanol–water partition coefficient (Wildman–Crippen LogP) is 3.94. The molecular weight excluding hydrogens is 408 g/mol. The van der Waals surface area contributed by atoms with Crippen LogP contribution in [0, 0.1) is 17.3 Å². The molecule has 2 atom stereocenters. The molecule has 1 amide bonds. The zero-order valence-electron chi connectivity index (χ0n) is 18.1. The highest BCUT2D eigenvalue weighted by Crippen LogP contribution is 2.75. The SMILES string of the molecule is CC1CN(c2cc(SNC3(C)CC3)cc3nc(NC(=O)C45CC4C5)ccc23)CCC1O. The van der Waals surface area contributed by atoms with Crippen molar-refractivity contribution in [3.8, 4) is 0 Å². The van der Waals surface area contributed by atoms with Crippen molar-refractivity contribution in [1.29, 1.82) is 0 Å². The van der Waals surface area contributed by atoms with E-state index in [9.17, 15) is 9.90 Å². The van der Waals surface area contributed by atoms with Crippen LogP contribution in [0.25, 0.3) is 10.9 Å². The van der Waals surface area contributed by atoms with Gasteiger partial charge >= 0.3 is 0 Å². The second-order valence-corrected chi connectivity index (χ2v) is 11.3. The zero-order valence-corrected chi connectivity index (χ0v) is 19.0. The van der Waals surface area contributed by atoms with E-state index in [0.717, 1.165) is 53.8 Å². The summed E-state index contributed by atoms with van der Waals surface area (Å²) in [5.41, 5.74) is 2.24. The molecule has 1 saturated heterocycles. The first-order valence-electron chi connectivity index (χ1n) is 11.5. The molecule has 1 aromatic carbocycles. The number of hydrogen-bond donors (Lipinski definition) is 3. The number of fused-ring (bicyclic) bond motifs is 2. The van der Waals surface area contributed by atoms with Crippen LogP contribution in [0.5, 0.6) is 0 Å². The van der Waals surface area contributed by atoms with Crippen molar-refractivity contribution in [2.24, 2.45) is 17.3 Å². The molecule has 2 unspecified atom stereocenters. The summed E-state index contributed by atoms with van der Waals surface area (Å²) in [6.45, 7) is 6.03. The van der Waals surface area contributed by atoms with Crippen molar-refractivity contribution in [2.45, 2.75) is 62.5 Å². The highest BCUT2D eigenvalue weighted by molar-refractivity contribution is 7.97. The zero-order chi connectivity index (χ0) is 21.4. The molecule has 4 aliphatic rings. The topological polar surface area (TPSA) is 77.5 Å². The maximum atomic E-state index is 12.5. The maximum absolute atomic E-state index is 12.5. The lowest BCUT2D eigenvalue weighted by molar-refractivity contribution is -0.119. The van der Waals surface area contributed by atoms with E-state index < -0.39 is 0 Å². The van der Waals surface area contributed by atoms with E-state index in [1.807, 2.05) is 6.07 Å². The van der Waals surface area contributed by atoms with E-state index in [1.165, 1.54) is 12.8 Å². The van der Waals surface area contributed by atoms with Gasteiger partial charge in [0, 0.05) is 34.6 Å². The Morgan fingerprint density at radius 2 is 2.06 bits per heavy atom.